The van der Waals surface area contributed by atoms with Gasteiger partial charge in [-0.1, -0.05) is 0 Å². The van der Waals surface area contributed by atoms with Crippen LogP contribution >= 0.6 is 0 Å². The molecule has 25 heavy (non-hydrogen) atoms. The molecule has 1 atom stereocenters. The summed E-state index contributed by atoms with van der Waals surface area (Å²) in [6, 6.07) is 4.46. The molecule has 1 aromatic rings. The highest BCUT2D eigenvalue weighted by molar-refractivity contribution is 7.89. The Bertz CT molecular complexity index is 673. The summed E-state index contributed by atoms with van der Waals surface area (Å²) in [6.07, 6.45) is 0. The zero-order valence-corrected chi connectivity index (χ0v) is 15.3. The first-order chi connectivity index (χ1) is 11.9. The van der Waals surface area contributed by atoms with Crippen LogP contribution in [0.15, 0.2) is 29.2 Å². The zero-order chi connectivity index (χ0) is 18.4. The first-order valence-electron chi connectivity index (χ1n) is 8.12. The first kappa shape index (κ1) is 19.8. The molecule has 0 radical (unpaired) electrons. The van der Waals surface area contributed by atoms with Crippen LogP contribution in [0.25, 0.3) is 0 Å². The number of piperazine rings is 1. The second kappa shape index (κ2) is 8.70. The number of benzene rings is 1. The molecular weight excluding hydrogens is 349 g/mol. The molecule has 1 aromatic carbocycles. The predicted molar refractivity (Wildman–Crippen MR) is 91.1 cm³/mol. The minimum Gasteiger partial charge on any atom is -0.383 e. The molecule has 0 saturated carbocycles. The monoisotopic (exact) mass is 373 g/mol. The molecular formula is C16H24FN3O4S. The first-order valence-corrected chi connectivity index (χ1v) is 9.56. The van der Waals surface area contributed by atoms with Gasteiger partial charge in [-0.15, -0.1) is 0 Å². The number of nitrogens with zero attached hydrogens (tertiary/aromatic N) is 2. The fourth-order valence-electron chi connectivity index (χ4n) is 2.68. The van der Waals surface area contributed by atoms with Crippen molar-refractivity contribution in [3.63, 3.8) is 0 Å². The van der Waals surface area contributed by atoms with Gasteiger partial charge >= 0.3 is 0 Å². The Morgan fingerprint density at radius 2 is 1.84 bits per heavy atom. The molecule has 0 spiro atoms. The molecule has 1 amide bonds. The third kappa shape index (κ3) is 4.97. The summed E-state index contributed by atoms with van der Waals surface area (Å²) in [6.45, 7) is 4.18. The van der Waals surface area contributed by atoms with Gasteiger partial charge < -0.3 is 10.1 Å². The van der Waals surface area contributed by atoms with Crippen molar-refractivity contribution in [1.29, 1.82) is 0 Å². The maximum atomic E-state index is 13.0. The smallest absolute Gasteiger partial charge is 0.243 e. The van der Waals surface area contributed by atoms with E-state index in [0.717, 1.165) is 12.1 Å². The third-order valence-corrected chi connectivity index (χ3v) is 6.17. The largest absolute Gasteiger partial charge is 0.383 e. The summed E-state index contributed by atoms with van der Waals surface area (Å²) in [4.78, 5) is 14.1. The Labute approximate surface area is 147 Å². The number of carbonyl (C=O) groups is 1. The van der Waals surface area contributed by atoms with Crippen molar-refractivity contribution >= 4 is 15.9 Å². The lowest BCUT2D eigenvalue weighted by molar-refractivity contribution is -0.126. The van der Waals surface area contributed by atoms with E-state index < -0.39 is 15.8 Å². The van der Waals surface area contributed by atoms with E-state index in [1.54, 1.807) is 14.0 Å². The van der Waals surface area contributed by atoms with Crippen LogP contribution in [0.5, 0.6) is 0 Å². The fraction of sp³-hybridized carbons (Fsp3) is 0.562. The molecule has 1 N–H and O–H groups in total. The molecule has 140 valence electrons. The van der Waals surface area contributed by atoms with Gasteiger partial charge in [0.2, 0.25) is 15.9 Å². The van der Waals surface area contributed by atoms with Gasteiger partial charge in [0.1, 0.15) is 5.82 Å². The lowest BCUT2D eigenvalue weighted by Crippen LogP contribution is -2.55. The summed E-state index contributed by atoms with van der Waals surface area (Å²) in [5.41, 5.74) is 0. The molecule has 1 heterocycles. The van der Waals surface area contributed by atoms with Crippen LogP contribution in [-0.2, 0) is 19.6 Å². The molecule has 1 aliphatic rings. The standard InChI is InChI=1S/C16H24FN3O4S/c1-13(16(21)18-7-12-24-2)19-8-10-20(11-9-19)25(22,23)15-5-3-14(17)4-6-15/h3-6,13H,7-12H2,1-2H3,(H,18,21)/t13-/m1/s1. The lowest BCUT2D eigenvalue weighted by Gasteiger charge is -2.36. The van der Waals surface area contributed by atoms with Crippen LogP contribution in [-0.4, -0.2) is 76.0 Å². The van der Waals surface area contributed by atoms with Crippen molar-refractivity contribution < 1.29 is 22.3 Å². The maximum absolute atomic E-state index is 13.0. The van der Waals surface area contributed by atoms with E-state index in [1.807, 2.05) is 4.90 Å². The highest BCUT2D eigenvalue weighted by atomic mass is 32.2. The molecule has 0 bridgehead atoms. The number of nitrogens with one attached hydrogen (secondary N) is 1. The van der Waals surface area contributed by atoms with Gasteiger partial charge in [0.15, 0.2) is 0 Å². The van der Waals surface area contributed by atoms with Crippen molar-refractivity contribution in [2.45, 2.75) is 17.9 Å². The van der Waals surface area contributed by atoms with Crippen molar-refractivity contribution in [2.24, 2.45) is 0 Å². The van der Waals surface area contributed by atoms with Crippen LogP contribution in [0.4, 0.5) is 4.39 Å². The number of ether oxygens (including phenoxy) is 1. The van der Waals surface area contributed by atoms with E-state index in [2.05, 4.69) is 5.32 Å². The van der Waals surface area contributed by atoms with Gasteiger partial charge in [-0.05, 0) is 31.2 Å². The molecule has 0 aliphatic carbocycles. The number of halogens is 1. The van der Waals surface area contributed by atoms with Crippen LogP contribution in [0.1, 0.15) is 6.92 Å². The number of hydrogen-bond donors (Lipinski definition) is 1. The molecule has 1 aliphatic heterocycles. The molecule has 1 fully saturated rings. The van der Waals surface area contributed by atoms with Crippen LogP contribution < -0.4 is 5.32 Å². The van der Waals surface area contributed by atoms with Crippen molar-refractivity contribution in [1.82, 2.24) is 14.5 Å². The Kier molecular flexibility index (Phi) is 6.88. The summed E-state index contributed by atoms with van der Waals surface area (Å²) in [5.74, 6) is -0.580. The highest BCUT2D eigenvalue weighted by Gasteiger charge is 2.31. The van der Waals surface area contributed by atoms with E-state index in [1.165, 1.54) is 16.4 Å². The quantitative estimate of drug-likeness (QED) is 0.695. The van der Waals surface area contributed by atoms with Crippen molar-refractivity contribution in [3.05, 3.63) is 30.1 Å². The van der Waals surface area contributed by atoms with Gasteiger partial charge in [0.05, 0.1) is 17.5 Å². The van der Waals surface area contributed by atoms with E-state index in [0.29, 0.717) is 26.2 Å². The average Bonchev–Trinajstić information content (AvgIpc) is 2.61. The minimum absolute atomic E-state index is 0.0766. The number of carbonyl (C=O) groups excluding carboxylic acids is 1. The van der Waals surface area contributed by atoms with Gasteiger partial charge in [-0.3, -0.25) is 9.69 Å². The lowest BCUT2D eigenvalue weighted by atomic mass is 10.2. The SMILES string of the molecule is COCCNC(=O)[C@@H](C)N1CCN(S(=O)(=O)c2ccc(F)cc2)CC1. The third-order valence-electron chi connectivity index (χ3n) is 4.26. The summed E-state index contributed by atoms with van der Waals surface area (Å²) in [5, 5.41) is 2.78. The van der Waals surface area contributed by atoms with Gasteiger partial charge in [0, 0.05) is 39.8 Å². The minimum atomic E-state index is -3.64. The summed E-state index contributed by atoms with van der Waals surface area (Å²) >= 11 is 0. The Balaban J connectivity index is 1.92. The Hall–Kier alpha value is -1.55. The second-order valence-corrected chi connectivity index (χ2v) is 7.79. The Morgan fingerprint density at radius 1 is 1.24 bits per heavy atom. The zero-order valence-electron chi connectivity index (χ0n) is 14.4. The topological polar surface area (TPSA) is 79.0 Å². The fourth-order valence-corrected chi connectivity index (χ4v) is 4.10. The summed E-state index contributed by atoms with van der Waals surface area (Å²) in [7, 11) is -2.08. The number of methoxy groups -OCH3 is 1. The highest BCUT2D eigenvalue weighted by Crippen LogP contribution is 2.18. The molecule has 2 rings (SSSR count). The van der Waals surface area contributed by atoms with Crippen LogP contribution in [0, 0.1) is 5.82 Å². The predicted octanol–water partition coefficient (Wildman–Crippen LogP) is 0.283. The van der Waals surface area contributed by atoms with Gasteiger partial charge in [-0.25, -0.2) is 12.8 Å². The number of amides is 1. The normalized spacial score (nSPS) is 18.0. The van der Waals surface area contributed by atoms with Gasteiger partial charge in [-0.2, -0.15) is 4.31 Å². The number of sulfonamides is 1. The van der Waals surface area contributed by atoms with Crippen molar-refractivity contribution in [3.8, 4) is 0 Å². The van der Waals surface area contributed by atoms with Gasteiger partial charge in [0.25, 0.3) is 0 Å². The van der Waals surface area contributed by atoms with E-state index in [4.69, 9.17) is 4.74 Å². The van der Waals surface area contributed by atoms with E-state index in [9.17, 15) is 17.6 Å². The second-order valence-electron chi connectivity index (χ2n) is 5.85. The van der Waals surface area contributed by atoms with Crippen molar-refractivity contribution in [2.75, 3.05) is 46.4 Å². The maximum Gasteiger partial charge on any atom is 0.243 e. The van der Waals surface area contributed by atoms with Crippen LogP contribution in [0.3, 0.4) is 0 Å². The summed E-state index contributed by atoms with van der Waals surface area (Å²) < 4.78 is 44.4. The average molecular weight is 373 g/mol. The number of rotatable bonds is 7. The van der Waals surface area contributed by atoms with E-state index in [-0.39, 0.29) is 29.9 Å². The number of hydrogen-bond acceptors (Lipinski definition) is 5. The van der Waals surface area contributed by atoms with Crippen LogP contribution in [0.2, 0.25) is 0 Å². The molecule has 0 unspecified atom stereocenters. The molecule has 7 nitrogen and oxygen atoms in total. The Morgan fingerprint density at radius 3 is 2.40 bits per heavy atom. The molecule has 1 saturated heterocycles. The van der Waals surface area contributed by atoms with E-state index >= 15 is 0 Å². The molecule has 0 aromatic heterocycles. The molecule has 9 heteroatoms.